The lowest BCUT2D eigenvalue weighted by Gasteiger charge is -2.09. The molecule has 0 spiro atoms. The minimum Gasteiger partial charge on any atom is -0.355 e. The largest absolute Gasteiger partial charge is 0.355 e. The van der Waals surface area contributed by atoms with Crippen LogP contribution in [-0.2, 0) is 10.0 Å². The number of H-pyrrole nitrogens is 1. The number of rotatable bonds is 6. The third kappa shape index (κ3) is 4.19. The van der Waals surface area contributed by atoms with Crippen LogP contribution in [-0.4, -0.2) is 40.1 Å². The van der Waals surface area contributed by atoms with Gasteiger partial charge in [0.2, 0.25) is 5.82 Å². The highest BCUT2D eigenvalue weighted by Gasteiger charge is 2.20. The second-order valence-electron chi connectivity index (χ2n) is 7.04. The number of carbonyl (C=O) groups excluding carboxylic acids is 1. The Bertz CT molecular complexity index is 1600. The van der Waals surface area contributed by atoms with Crippen molar-refractivity contribution in [3.8, 4) is 11.4 Å². The SMILES string of the molecule is O=C(Nc1ccc(Cl)cc1-c1nn[nH]n1)c1noc2cc(NS(=O)(=O)c3ccccc3)ccc12. The Labute approximate surface area is 197 Å². The summed E-state index contributed by atoms with van der Waals surface area (Å²) < 4.78 is 32.9. The second-order valence-corrected chi connectivity index (χ2v) is 9.16. The van der Waals surface area contributed by atoms with Gasteiger partial charge in [-0.1, -0.05) is 35.0 Å². The van der Waals surface area contributed by atoms with Gasteiger partial charge in [0.15, 0.2) is 11.3 Å². The van der Waals surface area contributed by atoms with Gasteiger partial charge < -0.3 is 9.84 Å². The van der Waals surface area contributed by atoms with E-state index in [1.165, 1.54) is 24.3 Å². The Morgan fingerprint density at radius 3 is 2.62 bits per heavy atom. The molecule has 5 rings (SSSR count). The Morgan fingerprint density at radius 1 is 1.03 bits per heavy atom. The van der Waals surface area contributed by atoms with Crippen molar-refractivity contribution >= 4 is 49.9 Å². The number of fused-ring (bicyclic) bond motifs is 1. The van der Waals surface area contributed by atoms with E-state index in [0.29, 0.717) is 21.7 Å². The number of nitrogens with zero attached hydrogens (tertiary/aromatic N) is 4. The lowest BCUT2D eigenvalue weighted by atomic mass is 10.1. The van der Waals surface area contributed by atoms with Crippen LogP contribution in [0.25, 0.3) is 22.4 Å². The summed E-state index contributed by atoms with van der Waals surface area (Å²) in [5.74, 6) is -0.304. The Balaban J connectivity index is 1.41. The monoisotopic (exact) mass is 495 g/mol. The van der Waals surface area contributed by atoms with Gasteiger partial charge >= 0.3 is 0 Å². The summed E-state index contributed by atoms with van der Waals surface area (Å²) in [6, 6.07) is 17.3. The van der Waals surface area contributed by atoms with Crippen molar-refractivity contribution in [2.24, 2.45) is 0 Å². The summed E-state index contributed by atoms with van der Waals surface area (Å²) >= 11 is 6.07. The molecule has 1 amide bonds. The lowest BCUT2D eigenvalue weighted by Crippen LogP contribution is -2.14. The number of aromatic nitrogens is 5. The average Bonchev–Trinajstić information content (AvgIpc) is 3.50. The van der Waals surface area contributed by atoms with E-state index >= 15 is 0 Å². The smallest absolute Gasteiger partial charge is 0.278 e. The molecule has 170 valence electrons. The van der Waals surface area contributed by atoms with Crippen molar-refractivity contribution in [1.29, 1.82) is 0 Å². The molecule has 0 saturated carbocycles. The summed E-state index contributed by atoms with van der Waals surface area (Å²) in [6.45, 7) is 0. The quantitative estimate of drug-likeness (QED) is 0.322. The van der Waals surface area contributed by atoms with Crippen molar-refractivity contribution < 1.29 is 17.7 Å². The number of aromatic amines is 1. The Hall–Kier alpha value is -4.29. The van der Waals surface area contributed by atoms with Crippen molar-refractivity contribution in [2.45, 2.75) is 4.90 Å². The van der Waals surface area contributed by atoms with Gasteiger partial charge in [-0.05, 0) is 47.7 Å². The minimum atomic E-state index is -3.78. The third-order valence-electron chi connectivity index (χ3n) is 4.81. The fourth-order valence-electron chi connectivity index (χ4n) is 3.25. The number of sulfonamides is 1. The predicted octanol–water partition coefficient (Wildman–Crippen LogP) is 3.71. The van der Waals surface area contributed by atoms with Crippen LogP contribution in [0.3, 0.4) is 0 Å². The molecule has 0 saturated heterocycles. The topological polar surface area (TPSA) is 156 Å². The first-order valence-corrected chi connectivity index (χ1v) is 11.6. The van der Waals surface area contributed by atoms with Crippen LogP contribution in [0.2, 0.25) is 5.02 Å². The van der Waals surface area contributed by atoms with Gasteiger partial charge in [0.1, 0.15) is 0 Å². The average molecular weight is 496 g/mol. The summed E-state index contributed by atoms with van der Waals surface area (Å²) in [5.41, 5.74) is 1.35. The molecule has 0 bridgehead atoms. The molecule has 0 aliphatic carbocycles. The number of anilines is 2. The maximum atomic E-state index is 13.0. The highest BCUT2D eigenvalue weighted by molar-refractivity contribution is 7.92. The number of benzene rings is 3. The molecule has 2 heterocycles. The van der Waals surface area contributed by atoms with Crippen molar-refractivity contribution in [2.75, 3.05) is 10.0 Å². The lowest BCUT2D eigenvalue weighted by molar-refractivity contribution is 0.102. The van der Waals surface area contributed by atoms with Gasteiger partial charge in [-0.25, -0.2) is 8.42 Å². The molecule has 0 unspecified atom stereocenters. The van der Waals surface area contributed by atoms with E-state index in [-0.39, 0.29) is 27.7 Å². The molecular formula is C21H14ClN7O4S. The van der Waals surface area contributed by atoms with E-state index in [0.717, 1.165) is 0 Å². The Morgan fingerprint density at radius 2 is 1.85 bits per heavy atom. The van der Waals surface area contributed by atoms with Crippen molar-refractivity contribution in [1.82, 2.24) is 25.8 Å². The molecule has 34 heavy (non-hydrogen) atoms. The van der Waals surface area contributed by atoms with Gasteiger partial charge in [0, 0.05) is 16.7 Å². The van der Waals surface area contributed by atoms with Crippen LogP contribution < -0.4 is 10.0 Å². The number of amides is 1. The number of halogens is 1. The van der Waals surface area contributed by atoms with Crippen LogP contribution in [0.4, 0.5) is 11.4 Å². The molecule has 0 atom stereocenters. The molecule has 0 fully saturated rings. The third-order valence-corrected chi connectivity index (χ3v) is 6.44. The summed E-state index contributed by atoms with van der Waals surface area (Å²) in [4.78, 5) is 13.1. The summed E-state index contributed by atoms with van der Waals surface area (Å²) in [7, 11) is -3.78. The molecule has 3 aromatic carbocycles. The normalized spacial score (nSPS) is 11.4. The zero-order chi connectivity index (χ0) is 23.7. The molecule has 5 aromatic rings. The van der Waals surface area contributed by atoms with E-state index in [1.54, 1.807) is 42.5 Å². The first kappa shape index (κ1) is 21.6. The van der Waals surface area contributed by atoms with Gasteiger partial charge in [-0.15, -0.1) is 10.2 Å². The highest BCUT2D eigenvalue weighted by atomic mass is 35.5. The number of nitrogens with one attached hydrogen (secondary N) is 3. The Kier molecular flexibility index (Phi) is 5.43. The molecule has 2 aromatic heterocycles. The standard InChI is InChI=1S/C21H14ClN7O4S/c22-12-6-9-17(16(10-12)20-24-28-29-25-20)23-21(30)19-15-8-7-13(11-18(15)33-26-19)27-34(31,32)14-4-2-1-3-5-14/h1-11,27H,(H,23,30)(H,24,25,28,29). The van der Waals surface area contributed by atoms with E-state index in [1.807, 2.05) is 0 Å². The van der Waals surface area contributed by atoms with Crippen molar-refractivity contribution in [3.63, 3.8) is 0 Å². The van der Waals surface area contributed by atoms with Crippen LogP contribution in [0.5, 0.6) is 0 Å². The second kappa shape index (κ2) is 8.57. The zero-order valence-electron chi connectivity index (χ0n) is 17.1. The maximum absolute atomic E-state index is 13.0. The highest BCUT2D eigenvalue weighted by Crippen LogP contribution is 2.30. The number of tetrazole rings is 1. The van der Waals surface area contributed by atoms with Gasteiger partial charge in [-0.3, -0.25) is 9.52 Å². The van der Waals surface area contributed by atoms with Gasteiger partial charge in [0.05, 0.1) is 21.7 Å². The first-order chi connectivity index (χ1) is 16.4. The van der Waals surface area contributed by atoms with Gasteiger partial charge in [0.25, 0.3) is 15.9 Å². The maximum Gasteiger partial charge on any atom is 0.278 e. The molecule has 0 radical (unpaired) electrons. The minimum absolute atomic E-state index is 0.0153. The molecule has 0 aliphatic rings. The molecule has 3 N–H and O–H groups in total. The first-order valence-electron chi connectivity index (χ1n) is 9.73. The summed E-state index contributed by atoms with van der Waals surface area (Å²) in [6.07, 6.45) is 0. The number of hydrogen-bond donors (Lipinski definition) is 3. The van der Waals surface area contributed by atoms with Crippen LogP contribution in [0, 0.1) is 0 Å². The molecule has 11 nitrogen and oxygen atoms in total. The van der Waals surface area contributed by atoms with E-state index < -0.39 is 15.9 Å². The van der Waals surface area contributed by atoms with Crippen LogP contribution in [0.1, 0.15) is 10.5 Å². The van der Waals surface area contributed by atoms with Crippen LogP contribution >= 0.6 is 11.6 Å². The molecular weight excluding hydrogens is 482 g/mol. The predicted molar refractivity (Wildman–Crippen MR) is 124 cm³/mol. The molecule has 13 heteroatoms. The summed E-state index contributed by atoms with van der Waals surface area (Å²) in [5, 5.41) is 21.1. The fourth-order valence-corrected chi connectivity index (χ4v) is 4.49. The van der Waals surface area contributed by atoms with E-state index in [2.05, 4.69) is 35.8 Å². The molecule has 0 aliphatic heterocycles. The van der Waals surface area contributed by atoms with Crippen molar-refractivity contribution in [3.05, 3.63) is 77.4 Å². The van der Waals surface area contributed by atoms with E-state index in [4.69, 9.17) is 16.1 Å². The fraction of sp³-hybridized carbons (Fsp3) is 0. The number of hydrogen-bond acceptors (Lipinski definition) is 8. The van der Waals surface area contributed by atoms with Crippen LogP contribution in [0.15, 0.2) is 76.1 Å². The van der Waals surface area contributed by atoms with Gasteiger partial charge in [-0.2, -0.15) is 5.21 Å². The number of carbonyl (C=O) groups is 1. The van der Waals surface area contributed by atoms with E-state index in [9.17, 15) is 13.2 Å². The zero-order valence-corrected chi connectivity index (χ0v) is 18.6.